The van der Waals surface area contributed by atoms with Crippen molar-refractivity contribution in [3.05, 3.63) is 76.0 Å². The standard InChI is InChI=1S/C20H19FN2OS2/c1-14-3-9-19(10-4-14)26-13-20(24)23(11-17-12-25-15(2)22-17)18-7-5-16(21)6-8-18/h3-10,12H,11,13H2,1-2H3. The van der Waals surface area contributed by atoms with Crippen LogP contribution in [-0.4, -0.2) is 16.6 Å². The van der Waals surface area contributed by atoms with Crippen molar-refractivity contribution in [1.29, 1.82) is 0 Å². The Balaban J connectivity index is 1.75. The molecule has 26 heavy (non-hydrogen) atoms. The van der Waals surface area contributed by atoms with Crippen molar-refractivity contribution in [2.75, 3.05) is 10.7 Å². The van der Waals surface area contributed by atoms with Crippen LogP contribution in [-0.2, 0) is 11.3 Å². The molecular formula is C20H19FN2OS2. The Hall–Kier alpha value is -2.18. The number of halogens is 1. The Morgan fingerprint density at radius 3 is 2.42 bits per heavy atom. The van der Waals surface area contributed by atoms with E-state index < -0.39 is 0 Å². The summed E-state index contributed by atoms with van der Waals surface area (Å²) in [5.74, 6) is -0.0451. The fourth-order valence-corrected chi connectivity index (χ4v) is 3.82. The van der Waals surface area contributed by atoms with Crippen LogP contribution in [0.2, 0.25) is 0 Å². The first-order valence-electron chi connectivity index (χ1n) is 8.17. The number of thiazole rings is 1. The van der Waals surface area contributed by atoms with Gasteiger partial charge in [-0.1, -0.05) is 17.7 Å². The number of thioether (sulfide) groups is 1. The number of carbonyl (C=O) groups is 1. The van der Waals surface area contributed by atoms with Crippen LogP contribution < -0.4 is 4.90 Å². The van der Waals surface area contributed by atoms with Crippen molar-refractivity contribution < 1.29 is 9.18 Å². The van der Waals surface area contributed by atoms with Gasteiger partial charge in [-0.05, 0) is 50.2 Å². The summed E-state index contributed by atoms with van der Waals surface area (Å²) in [4.78, 5) is 20.0. The number of hydrogen-bond acceptors (Lipinski definition) is 4. The third kappa shape index (κ3) is 4.93. The van der Waals surface area contributed by atoms with Gasteiger partial charge in [0.05, 0.1) is 23.0 Å². The molecule has 0 saturated carbocycles. The first-order chi connectivity index (χ1) is 12.5. The topological polar surface area (TPSA) is 33.2 Å². The van der Waals surface area contributed by atoms with Crippen LogP contribution in [0.15, 0.2) is 58.8 Å². The molecular weight excluding hydrogens is 367 g/mol. The Kier molecular flexibility index (Phi) is 6.06. The fraction of sp³-hybridized carbons (Fsp3) is 0.200. The minimum Gasteiger partial charge on any atom is -0.306 e. The van der Waals surface area contributed by atoms with E-state index in [4.69, 9.17) is 0 Å². The molecule has 1 amide bonds. The van der Waals surface area contributed by atoms with Crippen LogP contribution in [0.25, 0.3) is 0 Å². The van der Waals surface area contributed by atoms with E-state index in [1.54, 1.807) is 28.4 Å². The fourth-order valence-electron chi connectivity index (χ4n) is 2.44. The summed E-state index contributed by atoms with van der Waals surface area (Å²) in [7, 11) is 0. The van der Waals surface area contributed by atoms with Gasteiger partial charge in [0.15, 0.2) is 0 Å². The summed E-state index contributed by atoms with van der Waals surface area (Å²) in [6.45, 7) is 4.35. The summed E-state index contributed by atoms with van der Waals surface area (Å²) in [5.41, 5.74) is 2.70. The Morgan fingerprint density at radius 1 is 1.12 bits per heavy atom. The predicted octanol–water partition coefficient (Wildman–Crippen LogP) is 5.22. The van der Waals surface area contributed by atoms with Crippen LogP contribution in [0.5, 0.6) is 0 Å². The number of aryl methyl sites for hydroxylation is 2. The van der Waals surface area contributed by atoms with Crippen LogP contribution >= 0.6 is 23.1 Å². The SMILES string of the molecule is Cc1ccc(SCC(=O)N(Cc2csc(C)n2)c2ccc(F)cc2)cc1. The van der Waals surface area contributed by atoms with Crippen LogP contribution in [0.3, 0.4) is 0 Å². The van der Waals surface area contributed by atoms with E-state index in [-0.39, 0.29) is 11.7 Å². The van der Waals surface area contributed by atoms with E-state index in [1.165, 1.54) is 29.5 Å². The zero-order valence-corrected chi connectivity index (χ0v) is 16.2. The van der Waals surface area contributed by atoms with E-state index in [0.717, 1.165) is 15.6 Å². The van der Waals surface area contributed by atoms with Crippen LogP contribution in [0.1, 0.15) is 16.3 Å². The van der Waals surface area contributed by atoms with E-state index in [0.29, 0.717) is 18.0 Å². The number of nitrogens with zero attached hydrogens (tertiary/aromatic N) is 2. The number of hydrogen-bond donors (Lipinski definition) is 0. The van der Waals surface area contributed by atoms with Crippen molar-refractivity contribution in [2.45, 2.75) is 25.3 Å². The molecule has 0 aliphatic carbocycles. The summed E-state index contributed by atoms with van der Waals surface area (Å²) < 4.78 is 13.3. The lowest BCUT2D eigenvalue weighted by molar-refractivity contribution is -0.116. The van der Waals surface area contributed by atoms with Gasteiger partial charge in [-0.15, -0.1) is 23.1 Å². The maximum atomic E-state index is 13.3. The van der Waals surface area contributed by atoms with Crippen molar-refractivity contribution in [3.8, 4) is 0 Å². The number of benzene rings is 2. The molecule has 3 aromatic rings. The van der Waals surface area contributed by atoms with Crippen LogP contribution in [0, 0.1) is 19.7 Å². The van der Waals surface area contributed by atoms with E-state index >= 15 is 0 Å². The first kappa shape index (κ1) is 18.6. The van der Waals surface area contributed by atoms with Crippen molar-refractivity contribution >= 4 is 34.7 Å². The molecule has 3 rings (SSSR count). The highest BCUT2D eigenvalue weighted by Gasteiger charge is 2.18. The zero-order valence-electron chi connectivity index (χ0n) is 14.6. The molecule has 3 nitrogen and oxygen atoms in total. The quantitative estimate of drug-likeness (QED) is 0.544. The highest BCUT2D eigenvalue weighted by molar-refractivity contribution is 8.00. The lowest BCUT2D eigenvalue weighted by Crippen LogP contribution is -2.32. The van der Waals surface area contributed by atoms with E-state index in [1.807, 2.05) is 43.5 Å². The van der Waals surface area contributed by atoms with Gasteiger partial charge >= 0.3 is 0 Å². The smallest absolute Gasteiger partial charge is 0.237 e. The molecule has 0 fully saturated rings. The van der Waals surface area contributed by atoms with Crippen molar-refractivity contribution in [1.82, 2.24) is 4.98 Å². The van der Waals surface area contributed by atoms with Gasteiger partial charge in [0.25, 0.3) is 0 Å². The van der Waals surface area contributed by atoms with Crippen molar-refractivity contribution in [3.63, 3.8) is 0 Å². The first-order valence-corrected chi connectivity index (χ1v) is 10.0. The Morgan fingerprint density at radius 2 is 1.81 bits per heavy atom. The second kappa shape index (κ2) is 8.47. The summed E-state index contributed by atoms with van der Waals surface area (Å²) in [6, 6.07) is 14.1. The highest BCUT2D eigenvalue weighted by Crippen LogP contribution is 2.23. The molecule has 0 atom stereocenters. The van der Waals surface area contributed by atoms with E-state index in [2.05, 4.69) is 4.98 Å². The molecule has 0 N–H and O–H groups in total. The normalized spacial score (nSPS) is 10.7. The molecule has 134 valence electrons. The Bertz CT molecular complexity index is 876. The molecule has 0 aliphatic heterocycles. The Labute approximate surface area is 160 Å². The summed E-state index contributed by atoms with van der Waals surface area (Å²) in [5, 5.41) is 2.91. The number of anilines is 1. The lowest BCUT2D eigenvalue weighted by atomic mass is 10.2. The molecule has 1 heterocycles. The number of rotatable bonds is 6. The third-order valence-corrected chi connectivity index (χ3v) is 5.63. The minimum absolute atomic E-state index is 0.0344. The van der Waals surface area contributed by atoms with Gasteiger partial charge in [0.1, 0.15) is 5.82 Å². The lowest BCUT2D eigenvalue weighted by Gasteiger charge is -2.22. The highest BCUT2D eigenvalue weighted by atomic mass is 32.2. The van der Waals surface area contributed by atoms with Gasteiger partial charge in [-0.3, -0.25) is 4.79 Å². The third-order valence-electron chi connectivity index (χ3n) is 3.81. The molecule has 0 unspecified atom stereocenters. The number of carbonyl (C=O) groups excluding carboxylic acids is 1. The minimum atomic E-state index is -0.320. The second-order valence-corrected chi connectivity index (χ2v) is 8.03. The molecule has 0 aliphatic rings. The summed E-state index contributed by atoms with van der Waals surface area (Å²) >= 11 is 3.05. The maximum Gasteiger partial charge on any atom is 0.237 e. The zero-order chi connectivity index (χ0) is 18.5. The largest absolute Gasteiger partial charge is 0.306 e. The average molecular weight is 387 g/mol. The molecule has 0 bridgehead atoms. The molecule has 0 spiro atoms. The van der Waals surface area contributed by atoms with Gasteiger partial charge in [0, 0.05) is 16.0 Å². The number of amides is 1. The predicted molar refractivity (Wildman–Crippen MR) is 106 cm³/mol. The molecule has 1 aromatic heterocycles. The van der Waals surface area contributed by atoms with E-state index in [9.17, 15) is 9.18 Å². The maximum absolute atomic E-state index is 13.3. The van der Waals surface area contributed by atoms with Crippen molar-refractivity contribution in [2.24, 2.45) is 0 Å². The van der Waals surface area contributed by atoms with Gasteiger partial charge in [0.2, 0.25) is 5.91 Å². The molecule has 0 saturated heterocycles. The molecule has 2 aromatic carbocycles. The summed E-state index contributed by atoms with van der Waals surface area (Å²) in [6.07, 6.45) is 0. The second-order valence-electron chi connectivity index (χ2n) is 5.92. The molecule has 0 radical (unpaired) electrons. The molecule has 6 heteroatoms. The monoisotopic (exact) mass is 386 g/mol. The van der Waals surface area contributed by atoms with Gasteiger partial charge in [-0.25, -0.2) is 9.37 Å². The average Bonchev–Trinajstić information content (AvgIpc) is 3.05. The van der Waals surface area contributed by atoms with Gasteiger partial charge in [-0.2, -0.15) is 0 Å². The number of aromatic nitrogens is 1. The van der Waals surface area contributed by atoms with Crippen LogP contribution in [0.4, 0.5) is 10.1 Å². The van der Waals surface area contributed by atoms with Gasteiger partial charge < -0.3 is 4.90 Å².